The van der Waals surface area contributed by atoms with Crippen LogP contribution in [0.5, 0.6) is 0 Å². The lowest BCUT2D eigenvalue weighted by Gasteiger charge is -2.32. The van der Waals surface area contributed by atoms with E-state index in [1.165, 1.54) is 5.56 Å². The maximum atomic E-state index is 11.2. The van der Waals surface area contributed by atoms with Crippen LogP contribution in [0.25, 0.3) is 0 Å². The van der Waals surface area contributed by atoms with Crippen LogP contribution in [0.4, 0.5) is 5.69 Å². The third-order valence-electron chi connectivity index (χ3n) is 3.27. The fourth-order valence-corrected chi connectivity index (χ4v) is 3.14. The minimum absolute atomic E-state index is 0.372. The molecule has 0 spiro atoms. The van der Waals surface area contributed by atoms with E-state index in [1.54, 1.807) is 0 Å². The molecule has 1 aromatic carbocycles. The van der Waals surface area contributed by atoms with Gasteiger partial charge in [-0.3, -0.25) is 0 Å². The minimum Gasteiger partial charge on any atom is -0.371 e. The smallest absolute Gasteiger partial charge is 0.212 e. The summed E-state index contributed by atoms with van der Waals surface area (Å²) in [5.74, 6) is 0. The second kappa shape index (κ2) is 4.66. The van der Waals surface area contributed by atoms with Gasteiger partial charge in [-0.15, -0.1) is 0 Å². The Morgan fingerprint density at radius 3 is 2.47 bits per heavy atom. The number of nitrogens with two attached hydrogens (primary N) is 1. The highest BCUT2D eigenvalue weighted by Crippen LogP contribution is 2.22. The van der Waals surface area contributed by atoms with Crippen LogP contribution in [0.1, 0.15) is 18.4 Å². The highest BCUT2D eigenvalue weighted by Gasteiger charge is 2.27. The zero-order valence-electron chi connectivity index (χ0n) is 9.96. The molecule has 17 heavy (non-hydrogen) atoms. The second-order valence-corrected chi connectivity index (χ2v) is 6.46. The molecule has 0 bridgehead atoms. The largest absolute Gasteiger partial charge is 0.371 e. The Hall–Kier alpha value is -1.07. The molecule has 2 rings (SSSR count). The fraction of sp³-hybridized carbons (Fsp3) is 0.500. The van der Waals surface area contributed by atoms with Crippen molar-refractivity contribution in [3.63, 3.8) is 0 Å². The fourth-order valence-electron chi connectivity index (χ4n) is 2.27. The number of rotatable bonds is 2. The van der Waals surface area contributed by atoms with Crippen LogP contribution in [0, 0.1) is 6.92 Å². The van der Waals surface area contributed by atoms with Crippen molar-refractivity contribution in [1.29, 1.82) is 0 Å². The van der Waals surface area contributed by atoms with Crippen molar-refractivity contribution in [3.8, 4) is 0 Å². The number of piperidine rings is 1. The van der Waals surface area contributed by atoms with Crippen LogP contribution in [-0.2, 0) is 10.0 Å². The Balaban J connectivity index is 2.05. The molecule has 1 heterocycles. The lowest BCUT2D eigenvalue weighted by atomic mass is 10.1. The molecule has 1 aliphatic heterocycles. The topological polar surface area (TPSA) is 63.4 Å². The molecule has 0 aromatic heterocycles. The van der Waals surface area contributed by atoms with Crippen molar-refractivity contribution < 1.29 is 8.42 Å². The average molecular weight is 254 g/mol. The Morgan fingerprint density at radius 1 is 1.29 bits per heavy atom. The summed E-state index contributed by atoms with van der Waals surface area (Å²) in [6.07, 6.45) is 1.24. The van der Waals surface area contributed by atoms with Crippen molar-refractivity contribution in [2.24, 2.45) is 5.14 Å². The summed E-state index contributed by atoms with van der Waals surface area (Å²) in [7, 11) is -3.37. The van der Waals surface area contributed by atoms with Crippen molar-refractivity contribution in [1.82, 2.24) is 0 Å². The Kier molecular flexibility index (Phi) is 3.40. The molecular weight excluding hydrogens is 236 g/mol. The van der Waals surface area contributed by atoms with Gasteiger partial charge in [0, 0.05) is 18.8 Å². The van der Waals surface area contributed by atoms with Crippen LogP contribution in [0.3, 0.4) is 0 Å². The Labute approximate surface area is 102 Å². The highest BCUT2D eigenvalue weighted by molar-refractivity contribution is 7.89. The summed E-state index contributed by atoms with van der Waals surface area (Å²) in [5, 5.41) is 4.80. The molecule has 0 saturated carbocycles. The number of sulfonamides is 1. The first-order valence-corrected chi connectivity index (χ1v) is 7.41. The van der Waals surface area contributed by atoms with E-state index in [2.05, 4.69) is 30.0 Å². The molecule has 2 N–H and O–H groups in total. The first-order valence-electron chi connectivity index (χ1n) is 5.80. The van der Waals surface area contributed by atoms with E-state index >= 15 is 0 Å². The van der Waals surface area contributed by atoms with Crippen LogP contribution < -0.4 is 10.0 Å². The van der Waals surface area contributed by atoms with Crippen LogP contribution in [0.15, 0.2) is 24.3 Å². The standard InChI is InChI=1S/C12H18N2O2S/c1-10-3-2-4-11(9-10)14-7-5-12(6-8-14)17(13,15)16/h2-4,9,12H,5-8H2,1H3,(H2,13,15,16). The normalized spacial score (nSPS) is 18.4. The van der Waals surface area contributed by atoms with Gasteiger partial charge < -0.3 is 4.90 Å². The van der Waals surface area contributed by atoms with Crippen LogP contribution in [0.2, 0.25) is 0 Å². The molecule has 1 fully saturated rings. The van der Waals surface area contributed by atoms with Crippen LogP contribution >= 0.6 is 0 Å². The number of hydrogen-bond acceptors (Lipinski definition) is 3. The molecule has 0 radical (unpaired) electrons. The van der Waals surface area contributed by atoms with E-state index in [-0.39, 0.29) is 5.25 Å². The summed E-state index contributed by atoms with van der Waals surface area (Å²) >= 11 is 0. The third kappa shape index (κ3) is 2.98. The molecule has 5 heteroatoms. The van der Waals surface area contributed by atoms with Crippen molar-refractivity contribution >= 4 is 15.7 Å². The number of hydrogen-bond donors (Lipinski definition) is 1. The van der Waals surface area contributed by atoms with Gasteiger partial charge in [-0.2, -0.15) is 0 Å². The summed E-state index contributed by atoms with van der Waals surface area (Å²) in [5.41, 5.74) is 2.38. The van der Waals surface area contributed by atoms with Gasteiger partial charge in [0.05, 0.1) is 5.25 Å². The number of nitrogens with zero attached hydrogens (tertiary/aromatic N) is 1. The second-order valence-electron chi connectivity index (χ2n) is 4.61. The molecule has 0 aliphatic carbocycles. The maximum Gasteiger partial charge on any atom is 0.212 e. The van der Waals surface area contributed by atoms with Gasteiger partial charge in [0.15, 0.2) is 0 Å². The van der Waals surface area contributed by atoms with Crippen molar-refractivity contribution in [2.75, 3.05) is 18.0 Å². The molecule has 94 valence electrons. The van der Waals surface area contributed by atoms with Gasteiger partial charge in [0.1, 0.15) is 0 Å². The number of primary sulfonamides is 1. The molecular formula is C12H18N2O2S. The molecule has 1 saturated heterocycles. The number of aryl methyl sites for hydroxylation is 1. The lowest BCUT2D eigenvalue weighted by molar-refractivity contribution is 0.531. The molecule has 1 aromatic rings. The van der Waals surface area contributed by atoms with Gasteiger partial charge in [0.2, 0.25) is 10.0 Å². The summed E-state index contributed by atoms with van der Waals surface area (Å²) in [6.45, 7) is 3.57. The molecule has 0 amide bonds. The zero-order valence-corrected chi connectivity index (χ0v) is 10.8. The molecule has 0 unspecified atom stereocenters. The minimum atomic E-state index is -3.37. The van der Waals surface area contributed by atoms with E-state index < -0.39 is 10.0 Å². The predicted molar refractivity (Wildman–Crippen MR) is 69.5 cm³/mol. The first-order chi connectivity index (χ1) is 7.97. The van der Waals surface area contributed by atoms with E-state index in [9.17, 15) is 8.42 Å². The maximum absolute atomic E-state index is 11.2. The quantitative estimate of drug-likeness (QED) is 0.864. The van der Waals surface area contributed by atoms with Crippen LogP contribution in [-0.4, -0.2) is 26.8 Å². The van der Waals surface area contributed by atoms with Gasteiger partial charge in [-0.05, 0) is 37.5 Å². The lowest BCUT2D eigenvalue weighted by Crippen LogP contribution is -2.41. The zero-order chi connectivity index (χ0) is 12.5. The van der Waals surface area contributed by atoms with E-state index in [0.717, 1.165) is 18.8 Å². The van der Waals surface area contributed by atoms with Gasteiger partial charge in [0.25, 0.3) is 0 Å². The van der Waals surface area contributed by atoms with Crippen molar-refractivity contribution in [2.45, 2.75) is 25.0 Å². The summed E-state index contributed by atoms with van der Waals surface area (Å²) in [6, 6.07) is 8.26. The highest BCUT2D eigenvalue weighted by atomic mass is 32.2. The number of anilines is 1. The first kappa shape index (κ1) is 12.4. The predicted octanol–water partition coefficient (Wildman–Crippen LogP) is 1.25. The molecule has 4 nitrogen and oxygen atoms in total. The van der Waals surface area contributed by atoms with Gasteiger partial charge in [-0.1, -0.05) is 12.1 Å². The monoisotopic (exact) mass is 254 g/mol. The van der Waals surface area contributed by atoms with E-state index in [4.69, 9.17) is 5.14 Å². The van der Waals surface area contributed by atoms with Gasteiger partial charge in [-0.25, -0.2) is 13.6 Å². The summed E-state index contributed by atoms with van der Waals surface area (Å²) < 4.78 is 22.5. The summed E-state index contributed by atoms with van der Waals surface area (Å²) in [4.78, 5) is 2.22. The number of benzene rings is 1. The third-order valence-corrected chi connectivity index (χ3v) is 4.67. The van der Waals surface area contributed by atoms with E-state index in [0.29, 0.717) is 12.8 Å². The van der Waals surface area contributed by atoms with E-state index in [1.807, 2.05) is 6.07 Å². The SMILES string of the molecule is Cc1cccc(N2CCC(S(N)(=O)=O)CC2)c1. The molecule has 0 atom stereocenters. The Bertz CT molecular complexity index is 491. The van der Waals surface area contributed by atoms with Crippen molar-refractivity contribution in [3.05, 3.63) is 29.8 Å². The molecule has 1 aliphatic rings. The van der Waals surface area contributed by atoms with Gasteiger partial charge >= 0.3 is 0 Å². The Morgan fingerprint density at radius 2 is 1.94 bits per heavy atom. The average Bonchev–Trinajstić information content (AvgIpc) is 2.28.